The van der Waals surface area contributed by atoms with Gasteiger partial charge in [-0.2, -0.15) is 0 Å². The molecule has 0 aliphatic rings. The van der Waals surface area contributed by atoms with Gasteiger partial charge in [-0.15, -0.1) is 0 Å². The fourth-order valence-electron chi connectivity index (χ4n) is 3.88. The van der Waals surface area contributed by atoms with Gasteiger partial charge in [0.05, 0.1) is 40.2 Å². The van der Waals surface area contributed by atoms with Crippen LogP contribution in [0.4, 0.5) is 5.69 Å². The number of anilines is 1. The van der Waals surface area contributed by atoms with Gasteiger partial charge in [0.15, 0.2) is 11.5 Å². The fraction of sp³-hybridized carbons (Fsp3) is 0.207. The smallest absolute Gasteiger partial charge is 0.234 e. The van der Waals surface area contributed by atoms with E-state index in [2.05, 4.69) is 4.98 Å². The maximum Gasteiger partial charge on any atom is 0.234 e. The molecular formula is C29H34N4O5. The number of fused-ring (bicyclic) bond motifs is 1. The van der Waals surface area contributed by atoms with E-state index < -0.39 is 11.9 Å². The molecule has 0 spiro atoms. The van der Waals surface area contributed by atoms with Crippen molar-refractivity contribution in [1.82, 2.24) is 4.98 Å². The van der Waals surface area contributed by atoms with Crippen LogP contribution in [0.25, 0.3) is 23.1 Å². The van der Waals surface area contributed by atoms with Crippen molar-refractivity contribution >= 4 is 34.6 Å². The van der Waals surface area contributed by atoms with Crippen LogP contribution in [0.15, 0.2) is 60.8 Å². The number of H-pyrrole nitrogens is 1. The first-order chi connectivity index (χ1) is 18.3. The van der Waals surface area contributed by atoms with Gasteiger partial charge in [-0.05, 0) is 53.4 Å². The molecule has 1 aromatic heterocycles. The lowest BCUT2D eigenvalue weighted by Crippen LogP contribution is -2.38. The lowest BCUT2D eigenvalue weighted by molar-refractivity contribution is -0.119. The Balaban J connectivity index is 0.000000230. The highest BCUT2D eigenvalue weighted by atomic mass is 16.5. The fourth-order valence-corrected chi connectivity index (χ4v) is 3.88. The minimum Gasteiger partial charge on any atom is -0.495 e. The summed E-state index contributed by atoms with van der Waals surface area (Å²) >= 11 is 0. The second-order valence-electron chi connectivity index (χ2n) is 8.37. The third-order valence-electron chi connectivity index (χ3n) is 5.89. The Kier molecular flexibility index (Phi) is 9.61. The monoisotopic (exact) mass is 518 g/mol. The molecule has 9 nitrogen and oxygen atoms in total. The molecule has 1 atom stereocenters. The third-order valence-corrected chi connectivity index (χ3v) is 5.89. The normalized spacial score (nSPS) is 11.5. The lowest BCUT2D eigenvalue weighted by atomic mass is 10.1. The van der Waals surface area contributed by atoms with Gasteiger partial charge in [0.25, 0.3) is 0 Å². The zero-order chi connectivity index (χ0) is 27.7. The number of ether oxygens (including phenoxy) is 4. The Labute approximate surface area is 222 Å². The van der Waals surface area contributed by atoms with E-state index in [1.165, 1.54) is 0 Å². The summed E-state index contributed by atoms with van der Waals surface area (Å²) in [6, 6.07) is 16.6. The highest BCUT2D eigenvalue weighted by Crippen LogP contribution is 2.38. The quantitative estimate of drug-likeness (QED) is 0.193. The lowest BCUT2D eigenvalue weighted by Gasteiger charge is -2.12. The first kappa shape index (κ1) is 27.9. The van der Waals surface area contributed by atoms with Crippen LogP contribution < -0.4 is 36.1 Å². The zero-order valence-electron chi connectivity index (χ0n) is 22.0. The summed E-state index contributed by atoms with van der Waals surface area (Å²) in [4.78, 5) is 14.0. The van der Waals surface area contributed by atoms with Gasteiger partial charge in [0.2, 0.25) is 11.7 Å². The number of methoxy groups -OCH3 is 4. The number of amides is 1. The molecule has 0 aliphatic carbocycles. The number of primary amides is 1. The molecule has 4 aromatic rings. The number of carbonyl (C=O) groups is 1. The topological polar surface area (TPSA) is 148 Å². The van der Waals surface area contributed by atoms with Gasteiger partial charge in [0, 0.05) is 17.1 Å². The third kappa shape index (κ3) is 6.77. The van der Waals surface area contributed by atoms with Crippen molar-refractivity contribution < 1.29 is 23.7 Å². The first-order valence-electron chi connectivity index (χ1n) is 11.8. The molecule has 0 radical (unpaired) electrons. The number of benzene rings is 3. The van der Waals surface area contributed by atoms with Gasteiger partial charge in [-0.3, -0.25) is 4.79 Å². The van der Waals surface area contributed by atoms with E-state index in [-0.39, 0.29) is 0 Å². The van der Waals surface area contributed by atoms with E-state index in [1.807, 2.05) is 72.9 Å². The molecular weight excluding hydrogens is 484 g/mol. The Hall–Kier alpha value is -4.63. The summed E-state index contributed by atoms with van der Waals surface area (Å²) in [5.74, 6) is 1.98. The SMILES string of the molecule is COc1ccc(C=Cc2cc(OC)c(OC)c(OC)c2)cc1N.NC(=O)[C@@H](N)Cc1c[nH]c2ccccc12. The maximum atomic E-state index is 10.8. The van der Waals surface area contributed by atoms with Crippen LogP contribution >= 0.6 is 0 Å². The van der Waals surface area contributed by atoms with Crippen LogP contribution in [-0.4, -0.2) is 45.4 Å². The average molecular weight is 519 g/mol. The van der Waals surface area contributed by atoms with Crippen molar-refractivity contribution in [3.05, 3.63) is 77.5 Å². The summed E-state index contributed by atoms with van der Waals surface area (Å²) in [6.07, 6.45) is 6.25. The molecule has 4 rings (SSSR count). The molecule has 0 saturated heterocycles. The van der Waals surface area contributed by atoms with Crippen molar-refractivity contribution in [3.63, 3.8) is 0 Å². The second kappa shape index (κ2) is 13.1. The minimum atomic E-state index is -0.621. The Morgan fingerprint density at radius 1 is 0.868 bits per heavy atom. The standard InChI is InChI=1S/C18H21NO4.C11H13N3O/c1-20-15-8-7-12(9-14(15)19)5-6-13-10-16(21-2)18(23-4)17(11-13)22-3;12-9(11(13)15)5-7-6-14-10-4-2-1-3-8(7)10/h5-11H,19H2,1-4H3;1-4,6,9,14H,5,12H2,(H2,13,15)/t;9-/m.0/s1. The van der Waals surface area contributed by atoms with E-state index >= 15 is 0 Å². The summed E-state index contributed by atoms with van der Waals surface area (Å²) in [5.41, 5.74) is 21.2. The molecule has 0 unspecified atom stereocenters. The Bertz CT molecular complexity index is 1390. The van der Waals surface area contributed by atoms with Crippen LogP contribution in [0, 0.1) is 0 Å². The maximum absolute atomic E-state index is 10.8. The highest BCUT2D eigenvalue weighted by molar-refractivity contribution is 5.85. The van der Waals surface area contributed by atoms with Gasteiger partial charge in [-0.25, -0.2) is 0 Å². The number of rotatable bonds is 9. The molecule has 0 bridgehead atoms. The molecule has 9 heteroatoms. The van der Waals surface area contributed by atoms with Crippen LogP contribution in [0.5, 0.6) is 23.0 Å². The Morgan fingerprint density at radius 3 is 2.08 bits per heavy atom. The van der Waals surface area contributed by atoms with Crippen molar-refractivity contribution in [2.45, 2.75) is 12.5 Å². The number of para-hydroxylation sites is 1. The summed E-state index contributed by atoms with van der Waals surface area (Å²) < 4.78 is 21.2. The molecule has 7 N–H and O–H groups in total. The number of nitrogens with two attached hydrogens (primary N) is 3. The van der Waals surface area contributed by atoms with E-state index in [9.17, 15) is 4.79 Å². The van der Waals surface area contributed by atoms with E-state index in [0.717, 1.165) is 27.6 Å². The number of nitrogen functional groups attached to an aromatic ring is 1. The van der Waals surface area contributed by atoms with Crippen LogP contribution in [-0.2, 0) is 11.2 Å². The van der Waals surface area contributed by atoms with Crippen LogP contribution in [0.2, 0.25) is 0 Å². The predicted molar refractivity (Wildman–Crippen MR) is 152 cm³/mol. The molecule has 0 saturated carbocycles. The number of hydrogen-bond donors (Lipinski definition) is 4. The van der Waals surface area contributed by atoms with Gasteiger partial charge in [-0.1, -0.05) is 36.4 Å². The van der Waals surface area contributed by atoms with Crippen molar-refractivity contribution in [2.75, 3.05) is 34.2 Å². The van der Waals surface area contributed by atoms with Crippen LogP contribution in [0.3, 0.4) is 0 Å². The van der Waals surface area contributed by atoms with Crippen molar-refractivity contribution in [2.24, 2.45) is 11.5 Å². The van der Waals surface area contributed by atoms with Gasteiger partial charge in [0.1, 0.15) is 5.75 Å². The average Bonchev–Trinajstić information content (AvgIpc) is 3.34. The number of aromatic nitrogens is 1. The Morgan fingerprint density at radius 2 is 1.50 bits per heavy atom. The minimum absolute atomic E-state index is 0.472. The van der Waals surface area contributed by atoms with Crippen molar-refractivity contribution in [3.8, 4) is 23.0 Å². The summed E-state index contributed by atoms with van der Waals surface area (Å²) in [6.45, 7) is 0. The van der Waals surface area contributed by atoms with Gasteiger partial charge < -0.3 is 41.1 Å². The van der Waals surface area contributed by atoms with E-state index in [1.54, 1.807) is 28.4 Å². The highest BCUT2D eigenvalue weighted by Gasteiger charge is 2.13. The second-order valence-corrected chi connectivity index (χ2v) is 8.37. The van der Waals surface area contributed by atoms with E-state index in [0.29, 0.717) is 35.1 Å². The predicted octanol–water partition coefficient (Wildman–Crippen LogP) is 4.00. The number of hydrogen-bond acceptors (Lipinski definition) is 7. The molecule has 200 valence electrons. The zero-order valence-corrected chi connectivity index (χ0v) is 22.0. The summed E-state index contributed by atoms with van der Waals surface area (Å²) in [7, 11) is 6.36. The summed E-state index contributed by atoms with van der Waals surface area (Å²) in [5, 5.41) is 1.09. The van der Waals surface area contributed by atoms with Crippen LogP contribution in [0.1, 0.15) is 16.7 Å². The molecule has 3 aromatic carbocycles. The molecule has 0 fully saturated rings. The molecule has 1 heterocycles. The number of nitrogens with one attached hydrogen (secondary N) is 1. The molecule has 38 heavy (non-hydrogen) atoms. The van der Waals surface area contributed by atoms with Gasteiger partial charge >= 0.3 is 0 Å². The van der Waals surface area contributed by atoms with Crippen molar-refractivity contribution in [1.29, 1.82) is 0 Å². The number of aromatic amines is 1. The molecule has 1 amide bonds. The van der Waals surface area contributed by atoms with E-state index in [4.69, 9.17) is 36.1 Å². The molecule has 0 aliphatic heterocycles. The first-order valence-corrected chi connectivity index (χ1v) is 11.8. The largest absolute Gasteiger partial charge is 0.495 e. The number of carbonyl (C=O) groups excluding carboxylic acids is 1.